The predicted octanol–water partition coefficient (Wildman–Crippen LogP) is 7.93. The van der Waals surface area contributed by atoms with E-state index in [1.54, 1.807) is 0 Å². The van der Waals surface area contributed by atoms with E-state index >= 15 is 4.79 Å². The van der Waals surface area contributed by atoms with E-state index in [1.165, 1.54) is 5.56 Å². The summed E-state index contributed by atoms with van der Waals surface area (Å²) >= 11 is 0. The highest BCUT2D eigenvalue weighted by molar-refractivity contribution is 6.02. The number of para-hydroxylation sites is 1. The maximum Gasteiger partial charge on any atom is 0.255 e. The van der Waals surface area contributed by atoms with Gasteiger partial charge < -0.3 is 38.8 Å². The number of ether oxygens (including phenoxy) is 2. The minimum absolute atomic E-state index is 0. The number of carbonyl (C=O) groups excluding carboxylic acids is 2. The number of amides is 2. The number of carbonyl (C=O) groups is 2. The summed E-state index contributed by atoms with van der Waals surface area (Å²) < 4.78 is 15.5. The van der Waals surface area contributed by atoms with E-state index in [0.717, 1.165) is 113 Å². The van der Waals surface area contributed by atoms with Gasteiger partial charge in [0.05, 0.1) is 25.3 Å². The first-order valence-corrected chi connectivity index (χ1v) is 23.1. The predicted molar refractivity (Wildman–Crippen MR) is 263 cm³/mol. The van der Waals surface area contributed by atoms with Crippen LogP contribution in [0.15, 0.2) is 110 Å². The van der Waals surface area contributed by atoms with E-state index < -0.39 is 0 Å². The second kappa shape index (κ2) is 19.9. The standard InChI is InChI=1S/C55H59N7O4.H2O/c1-37-28-42-12-10-11-13-44(42)36-61(37)55(64)51-31-45-35-60(54(63)29-41-16-18-48(19-17-41)66-27-24-59-22-25-65-26-23-59)21-20-43(45)30-50(51)53-33-49(38(2)58(53)6)39(3)62(46-14-8-7-9-15-46)52-32-47(34-56)57(5)40(52)4;/h7-19,30-33,37H,3,20-29,35-36H2,1-2,4-6H3;1H2/t37-;/m1./s1. The van der Waals surface area contributed by atoms with Crippen molar-refractivity contribution in [3.05, 3.63) is 166 Å². The third kappa shape index (κ3) is 9.41. The van der Waals surface area contributed by atoms with Gasteiger partial charge in [0.15, 0.2) is 0 Å². The Morgan fingerprint density at radius 2 is 1.54 bits per heavy atom. The Labute approximate surface area is 394 Å². The van der Waals surface area contributed by atoms with Gasteiger partial charge in [0.1, 0.15) is 24.1 Å². The third-order valence-corrected chi connectivity index (χ3v) is 14.0. The van der Waals surface area contributed by atoms with Crippen LogP contribution in [-0.2, 0) is 56.0 Å². The monoisotopic (exact) mass is 899 g/mol. The maximum atomic E-state index is 15.2. The second-order valence-electron chi connectivity index (χ2n) is 18.0. The number of rotatable bonds is 12. The fraction of sp³-hybridized carbons (Fsp3) is 0.327. The molecule has 0 bridgehead atoms. The van der Waals surface area contributed by atoms with Crippen molar-refractivity contribution in [2.75, 3.05) is 50.9 Å². The van der Waals surface area contributed by atoms with Gasteiger partial charge >= 0.3 is 0 Å². The lowest BCUT2D eigenvalue weighted by Crippen LogP contribution is -2.43. The number of nitriles is 1. The number of benzene rings is 4. The summed E-state index contributed by atoms with van der Waals surface area (Å²) in [5.74, 6) is 0.823. The number of aromatic nitrogens is 2. The van der Waals surface area contributed by atoms with Crippen molar-refractivity contribution in [1.29, 1.82) is 5.26 Å². The normalized spacial score (nSPS) is 15.8. The Morgan fingerprint density at radius 1 is 0.821 bits per heavy atom. The van der Waals surface area contributed by atoms with Gasteiger partial charge in [-0.2, -0.15) is 5.26 Å². The van der Waals surface area contributed by atoms with Crippen LogP contribution in [0.3, 0.4) is 0 Å². The van der Waals surface area contributed by atoms with Gasteiger partial charge in [-0.25, -0.2) is 0 Å². The van der Waals surface area contributed by atoms with E-state index in [4.69, 9.17) is 16.1 Å². The molecule has 0 aliphatic carbocycles. The van der Waals surface area contributed by atoms with Crippen LogP contribution < -0.4 is 9.64 Å². The zero-order valence-corrected chi connectivity index (χ0v) is 39.3. The lowest BCUT2D eigenvalue weighted by molar-refractivity contribution is -0.131. The zero-order chi connectivity index (χ0) is 46.1. The van der Waals surface area contributed by atoms with Crippen molar-refractivity contribution >= 4 is 28.9 Å². The van der Waals surface area contributed by atoms with Gasteiger partial charge in [0, 0.05) is 105 Å². The first kappa shape index (κ1) is 46.6. The van der Waals surface area contributed by atoms with Crippen LogP contribution in [0, 0.1) is 25.2 Å². The molecule has 12 nitrogen and oxygen atoms in total. The van der Waals surface area contributed by atoms with Crippen LogP contribution in [0.1, 0.15) is 67.7 Å². The number of anilines is 2. The van der Waals surface area contributed by atoms with Crippen molar-refractivity contribution < 1.29 is 24.5 Å². The second-order valence-corrected chi connectivity index (χ2v) is 18.0. The number of fused-ring (bicyclic) bond motifs is 2. The highest BCUT2D eigenvalue weighted by atomic mass is 16.5. The molecular formula is C55H61N7O5. The summed E-state index contributed by atoms with van der Waals surface area (Å²) in [6.45, 7) is 17.3. The van der Waals surface area contributed by atoms with Crippen LogP contribution in [0.2, 0.25) is 0 Å². The van der Waals surface area contributed by atoms with E-state index in [1.807, 2.05) is 90.0 Å². The highest BCUT2D eigenvalue weighted by Crippen LogP contribution is 2.41. The summed E-state index contributed by atoms with van der Waals surface area (Å²) in [4.78, 5) is 37.6. The van der Waals surface area contributed by atoms with Crippen LogP contribution in [0.5, 0.6) is 5.75 Å². The van der Waals surface area contributed by atoms with Gasteiger partial charge in [-0.15, -0.1) is 0 Å². The molecule has 1 saturated heterocycles. The SMILES string of the molecule is C=C(c1cc(-c2cc3c(cc2C(=O)N2Cc4ccccc4C[C@H]2C)CN(C(=O)Cc2ccc(OCCN4CCOCC4)cc2)CC3)n(C)c1C)N(c1ccccc1)c1cc(C#N)n(C)c1C.O. The lowest BCUT2D eigenvalue weighted by atomic mass is 9.89. The molecule has 3 aliphatic heterocycles. The largest absolute Gasteiger partial charge is 0.492 e. The molecule has 9 rings (SSSR count). The van der Waals surface area contributed by atoms with Crippen LogP contribution in [-0.4, -0.2) is 93.2 Å². The summed E-state index contributed by atoms with van der Waals surface area (Å²) in [6, 6.07) is 37.0. The molecule has 2 N–H and O–H groups in total. The molecule has 0 unspecified atom stereocenters. The van der Waals surface area contributed by atoms with Gasteiger partial charge in [0.2, 0.25) is 5.91 Å². The van der Waals surface area contributed by atoms with Crippen molar-refractivity contribution in [1.82, 2.24) is 23.8 Å². The van der Waals surface area contributed by atoms with Gasteiger partial charge in [-0.05, 0) is 110 Å². The van der Waals surface area contributed by atoms with Gasteiger partial charge in [0.25, 0.3) is 5.91 Å². The number of hydrogen-bond acceptors (Lipinski definition) is 7. The zero-order valence-electron chi connectivity index (χ0n) is 39.3. The topological polar surface area (TPSA) is 131 Å². The van der Waals surface area contributed by atoms with Crippen molar-refractivity contribution in [3.63, 3.8) is 0 Å². The maximum absolute atomic E-state index is 15.2. The molecule has 3 aliphatic rings. The van der Waals surface area contributed by atoms with Crippen LogP contribution in [0.25, 0.3) is 17.0 Å². The molecule has 6 aromatic rings. The first-order valence-electron chi connectivity index (χ1n) is 23.1. The summed E-state index contributed by atoms with van der Waals surface area (Å²) in [5.41, 5.74) is 13.9. The molecule has 1 atom stereocenters. The molecule has 346 valence electrons. The quantitative estimate of drug-likeness (QED) is 0.122. The summed E-state index contributed by atoms with van der Waals surface area (Å²) in [6.07, 6.45) is 1.74. The molecule has 5 heterocycles. The van der Waals surface area contributed by atoms with E-state index in [0.29, 0.717) is 43.9 Å². The Morgan fingerprint density at radius 3 is 2.25 bits per heavy atom. The van der Waals surface area contributed by atoms with Gasteiger partial charge in [-0.3, -0.25) is 14.5 Å². The minimum atomic E-state index is -0.0282. The molecule has 67 heavy (non-hydrogen) atoms. The lowest BCUT2D eigenvalue weighted by Gasteiger charge is -2.36. The molecule has 1 fully saturated rings. The fourth-order valence-corrected chi connectivity index (χ4v) is 9.83. The minimum Gasteiger partial charge on any atom is -0.492 e. The summed E-state index contributed by atoms with van der Waals surface area (Å²) in [7, 11) is 3.96. The molecule has 12 heteroatoms. The van der Waals surface area contributed by atoms with E-state index in [9.17, 15) is 10.1 Å². The fourth-order valence-electron chi connectivity index (χ4n) is 9.83. The number of nitrogens with zero attached hydrogens (tertiary/aromatic N) is 7. The average Bonchev–Trinajstić information content (AvgIpc) is 3.80. The number of morpholine rings is 1. The molecular weight excluding hydrogens is 839 g/mol. The highest BCUT2D eigenvalue weighted by Gasteiger charge is 2.33. The smallest absolute Gasteiger partial charge is 0.255 e. The molecule has 2 amide bonds. The van der Waals surface area contributed by atoms with Crippen molar-refractivity contribution in [3.8, 4) is 23.1 Å². The molecule has 2 aromatic heterocycles. The van der Waals surface area contributed by atoms with Crippen LogP contribution in [0.4, 0.5) is 11.4 Å². The van der Waals surface area contributed by atoms with E-state index in [-0.39, 0.29) is 29.8 Å². The van der Waals surface area contributed by atoms with E-state index in [2.05, 4.69) is 82.8 Å². The number of hydrogen-bond donors (Lipinski definition) is 0. The Bertz CT molecular complexity index is 2830. The Balaban J connectivity index is 0.00000608. The molecule has 0 radical (unpaired) electrons. The molecule has 0 spiro atoms. The Kier molecular flexibility index (Phi) is 13.8. The van der Waals surface area contributed by atoms with Crippen molar-refractivity contribution in [2.45, 2.75) is 59.2 Å². The first-order chi connectivity index (χ1) is 32.0. The van der Waals surface area contributed by atoms with Gasteiger partial charge in [-0.1, -0.05) is 61.2 Å². The third-order valence-electron chi connectivity index (χ3n) is 14.0. The average molecular weight is 900 g/mol. The van der Waals surface area contributed by atoms with Crippen molar-refractivity contribution in [2.24, 2.45) is 14.1 Å². The Hall–Kier alpha value is -6.91. The summed E-state index contributed by atoms with van der Waals surface area (Å²) in [5, 5.41) is 9.98. The molecule has 0 saturated carbocycles. The van der Waals surface area contributed by atoms with Crippen LogP contribution >= 0.6 is 0 Å². The molecule has 4 aromatic carbocycles.